The monoisotopic (exact) mass is 569 g/mol. The molecule has 0 amide bonds. The van der Waals surface area contributed by atoms with E-state index in [4.69, 9.17) is 0 Å². The summed E-state index contributed by atoms with van der Waals surface area (Å²) in [5.74, 6) is -1.05. The van der Waals surface area contributed by atoms with Crippen molar-refractivity contribution in [2.45, 2.75) is 55.7 Å². The summed E-state index contributed by atoms with van der Waals surface area (Å²) in [4.78, 5) is 0. The fourth-order valence-corrected chi connectivity index (χ4v) is 3.61. The minimum absolute atomic E-state index is 0.220. The predicted octanol–water partition coefficient (Wildman–Crippen LogP) is 8.39. The maximum Gasteiger partial charge on any atom is 0.435 e. The van der Waals surface area contributed by atoms with Crippen molar-refractivity contribution >= 4 is 18.8 Å². The van der Waals surface area contributed by atoms with Gasteiger partial charge < -0.3 is 0 Å². The van der Waals surface area contributed by atoms with Crippen molar-refractivity contribution in [1.82, 2.24) is 0 Å². The van der Waals surface area contributed by atoms with Gasteiger partial charge in [0.1, 0.15) is 0 Å². The van der Waals surface area contributed by atoms with Crippen LogP contribution in [0.15, 0.2) is 48.5 Å². The van der Waals surface area contributed by atoms with E-state index >= 15 is 0 Å². The Morgan fingerprint density at radius 2 is 0.974 bits per heavy atom. The molecule has 38 heavy (non-hydrogen) atoms. The highest BCUT2D eigenvalue weighted by Crippen LogP contribution is 2.56. The molecule has 0 aliphatic rings. The Labute approximate surface area is 207 Å². The molecule has 15 heteroatoms. The standard InChI is InChI=1S/C23H16BF14/c1-3-4-13-5-7-14(8-6-13)12(2)24-17-10-15(18(25,20(27,28)29)21(30,31)32)9-16(11-17)19(26,22(33,34)35)23(36,37)38/h3-12H,1-2H3/b4-3+. The summed E-state index contributed by atoms with van der Waals surface area (Å²) in [7, 11) is 0.679. The molecule has 2 aromatic carbocycles. The van der Waals surface area contributed by atoms with Crippen LogP contribution in [0.5, 0.6) is 0 Å². The van der Waals surface area contributed by atoms with Crippen LogP contribution in [0.25, 0.3) is 6.08 Å². The molecule has 0 spiro atoms. The zero-order valence-electron chi connectivity index (χ0n) is 19.1. The van der Waals surface area contributed by atoms with Crippen molar-refractivity contribution in [3.8, 4) is 0 Å². The van der Waals surface area contributed by atoms with Gasteiger partial charge in [0, 0.05) is 11.1 Å². The first-order valence-corrected chi connectivity index (χ1v) is 10.4. The summed E-state index contributed by atoms with van der Waals surface area (Å²) in [5, 5.41) is 0. The average Bonchev–Trinajstić information content (AvgIpc) is 2.75. The van der Waals surface area contributed by atoms with Crippen molar-refractivity contribution in [3.05, 3.63) is 70.8 Å². The number of halogens is 14. The molecule has 0 saturated heterocycles. The summed E-state index contributed by atoms with van der Waals surface area (Å²) < 4.78 is 189. The molecule has 1 atom stereocenters. The van der Waals surface area contributed by atoms with Crippen molar-refractivity contribution in [3.63, 3.8) is 0 Å². The molecule has 0 bridgehead atoms. The Morgan fingerprint density at radius 3 is 1.29 bits per heavy atom. The first-order valence-electron chi connectivity index (χ1n) is 10.4. The zero-order chi connectivity index (χ0) is 29.5. The van der Waals surface area contributed by atoms with Gasteiger partial charge in [0.15, 0.2) is 7.28 Å². The maximum atomic E-state index is 14.7. The highest BCUT2D eigenvalue weighted by Gasteiger charge is 2.76. The van der Waals surface area contributed by atoms with Gasteiger partial charge in [0.25, 0.3) is 0 Å². The predicted molar refractivity (Wildman–Crippen MR) is 111 cm³/mol. The van der Waals surface area contributed by atoms with Crippen LogP contribution in [-0.4, -0.2) is 32.0 Å². The van der Waals surface area contributed by atoms with E-state index in [1.807, 2.05) is 0 Å². The van der Waals surface area contributed by atoms with Crippen molar-refractivity contribution in [2.75, 3.05) is 0 Å². The molecule has 0 aliphatic heterocycles. The third kappa shape index (κ3) is 5.65. The number of hydrogen-bond acceptors (Lipinski definition) is 0. The average molecular weight is 569 g/mol. The summed E-state index contributed by atoms with van der Waals surface area (Å²) in [6.07, 6.45) is -24.2. The normalized spacial score (nSPS) is 15.2. The van der Waals surface area contributed by atoms with Crippen LogP contribution in [0.2, 0.25) is 0 Å². The molecule has 1 radical (unpaired) electrons. The van der Waals surface area contributed by atoms with Crippen LogP contribution in [0.1, 0.15) is 41.9 Å². The van der Waals surface area contributed by atoms with E-state index in [2.05, 4.69) is 0 Å². The topological polar surface area (TPSA) is 0 Å². The summed E-state index contributed by atoms with van der Waals surface area (Å²) in [6.45, 7) is 2.94. The lowest BCUT2D eigenvalue weighted by molar-refractivity contribution is -0.350. The SMILES string of the molecule is C/C=C/c1ccc(C(C)[B]c2cc(C(F)(C(F)(F)F)C(F)(F)F)cc(C(F)(C(F)(F)F)C(F)(F)F)c2)cc1. The smallest absolute Gasteiger partial charge is 0.218 e. The second kappa shape index (κ2) is 10.1. The Kier molecular flexibility index (Phi) is 8.37. The zero-order valence-corrected chi connectivity index (χ0v) is 19.1. The fraction of sp³-hybridized carbons (Fsp3) is 0.391. The molecule has 2 rings (SSSR count). The number of allylic oxidation sites excluding steroid dienone is 1. The first-order chi connectivity index (χ1) is 17.0. The van der Waals surface area contributed by atoms with Gasteiger partial charge in [-0.25, -0.2) is 8.78 Å². The molecule has 2 aromatic rings. The van der Waals surface area contributed by atoms with Crippen molar-refractivity contribution < 1.29 is 61.5 Å². The summed E-state index contributed by atoms with van der Waals surface area (Å²) in [6, 6.07) is 4.36. The minimum atomic E-state index is -6.88. The maximum absolute atomic E-state index is 14.7. The van der Waals surface area contributed by atoms with Gasteiger partial charge in [-0.05, 0) is 24.4 Å². The number of hydrogen-bond donors (Lipinski definition) is 0. The van der Waals surface area contributed by atoms with Gasteiger partial charge >= 0.3 is 36.0 Å². The van der Waals surface area contributed by atoms with E-state index in [-0.39, 0.29) is 17.7 Å². The van der Waals surface area contributed by atoms with Gasteiger partial charge in [0.05, 0.1) is 0 Å². The van der Waals surface area contributed by atoms with Crippen LogP contribution < -0.4 is 5.46 Å². The Bertz CT molecular complexity index is 1050. The first kappa shape index (κ1) is 31.5. The lowest BCUT2D eigenvalue weighted by atomic mass is 9.56. The van der Waals surface area contributed by atoms with Crippen LogP contribution >= 0.6 is 0 Å². The molecular formula is C23H16BF14. The minimum Gasteiger partial charge on any atom is -0.218 e. The molecule has 0 aromatic heterocycles. The van der Waals surface area contributed by atoms with Crippen molar-refractivity contribution in [1.29, 1.82) is 0 Å². The van der Waals surface area contributed by atoms with Gasteiger partial charge in [-0.3, -0.25) is 0 Å². The van der Waals surface area contributed by atoms with E-state index in [1.165, 1.54) is 31.2 Å². The molecule has 1 unspecified atom stereocenters. The molecule has 0 fully saturated rings. The largest absolute Gasteiger partial charge is 0.435 e. The third-order valence-electron chi connectivity index (χ3n) is 5.58. The van der Waals surface area contributed by atoms with E-state index in [0.717, 1.165) is 0 Å². The molecule has 0 N–H and O–H groups in total. The number of alkyl halides is 14. The van der Waals surface area contributed by atoms with E-state index in [0.29, 0.717) is 12.8 Å². The Morgan fingerprint density at radius 1 is 0.605 bits per heavy atom. The van der Waals surface area contributed by atoms with Gasteiger partial charge in [0.2, 0.25) is 0 Å². The molecule has 0 nitrogen and oxygen atoms in total. The second-order valence-electron chi connectivity index (χ2n) is 8.27. The molecule has 209 valence electrons. The van der Waals surface area contributed by atoms with Crippen LogP contribution in [0.4, 0.5) is 61.5 Å². The quantitative estimate of drug-likeness (QED) is 0.242. The summed E-state index contributed by atoms with van der Waals surface area (Å²) in [5.41, 5.74) is -18.5. The lowest BCUT2D eigenvalue weighted by Crippen LogP contribution is -2.53. The Balaban J connectivity index is 2.83. The molecular weight excluding hydrogens is 553 g/mol. The van der Waals surface area contributed by atoms with Gasteiger partial charge in [-0.1, -0.05) is 66.5 Å². The van der Waals surface area contributed by atoms with E-state index < -0.39 is 64.5 Å². The lowest BCUT2D eigenvalue weighted by Gasteiger charge is -2.34. The third-order valence-corrected chi connectivity index (χ3v) is 5.58. The van der Waals surface area contributed by atoms with Crippen LogP contribution in [0.3, 0.4) is 0 Å². The highest BCUT2D eigenvalue weighted by atomic mass is 19.4. The number of benzene rings is 2. The Hall–Kier alpha value is -2.74. The van der Waals surface area contributed by atoms with Gasteiger partial charge in [-0.2, -0.15) is 52.7 Å². The molecule has 0 aliphatic carbocycles. The molecule has 0 heterocycles. The van der Waals surface area contributed by atoms with Crippen LogP contribution in [-0.2, 0) is 11.3 Å². The van der Waals surface area contributed by atoms with Gasteiger partial charge in [-0.15, -0.1) is 0 Å². The van der Waals surface area contributed by atoms with E-state index in [9.17, 15) is 61.5 Å². The summed E-state index contributed by atoms with van der Waals surface area (Å²) >= 11 is 0. The highest BCUT2D eigenvalue weighted by molar-refractivity contribution is 6.55. The van der Waals surface area contributed by atoms with Crippen LogP contribution in [0, 0.1) is 0 Å². The fourth-order valence-electron chi connectivity index (χ4n) is 3.61. The number of rotatable bonds is 6. The second-order valence-corrected chi connectivity index (χ2v) is 8.27. The van der Waals surface area contributed by atoms with E-state index in [1.54, 1.807) is 19.1 Å². The molecule has 0 saturated carbocycles. The van der Waals surface area contributed by atoms with Crippen molar-refractivity contribution in [2.24, 2.45) is 0 Å².